The van der Waals surface area contributed by atoms with Crippen molar-refractivity contribution in [1.29, 1.82) is 0 Å². The Morgan fingerprint density at radius 2 is 1.71 bits per heavy atom. The van der Waals surface area contributed by atoms with E-state index in [9.17, 15) is 0 Å². The van der Waals surface area contributed by atoms with Crippen molar-refractivity contribution in [3.05, 3.63) is 54.4 Å². The third kappa shape index (κ3) is 1.52. The Kier molecular flexibility index (Phi) is 2.53. The lowest BCUT2D eigenvalue weighted by Gasteiger charge is -2.07. The normalized spacial score (nSPS) is 10.7. The van der Waals surface area contributed by atoms with Crippen molar-refractivity contribution in [3.63, 3.8) is 0 Å². The molecule has 0 bridgehead atoms. The van der Waals surface area contributed by atoms with Crippen LogP contribution in [0.1, 0.15) is 24.5 Å². The molecule has 0 heterocycles. The number of fused-ring (bicyclic) bond motifs is 1. The van der Waals surface area contributed by atoms with Crippen molar-refractivity contribution in [3.8, 4) is 0 Å². The van der Waals surface area contributed by atoms with Gasteiger partial charge in [-0.05, 0) is 35.2 Å². The van der Waals surface area contributed by atoms with Gasteiger partial charge in [-0.2, -0.15) is 0 Å². The molecule has 71 valence electrons. The van der Waals surface area contributed by atoms with E-state index in [1.807, 2.05) is 0 Å². The molecule has 0 aliphatic heterocycles. The lowest BCUT2D eigenvalue weighted by Crippen LogP contribution is -1.87. The molecule has 0 unspecified atom stereocenters. The third-order valence-corrected chi connectivity index (χ3v) is 2.62. The molecule has 1 radical (unpaired) electrons. The first-order valence-electron chi connectivity index (χ1n) is 5.15. The standard InChI is InChI=1S/C14H15/c1-3-6-12-10-9-11(2)13-7-4-5-8-14(12)13/h4-5,7-10H,2-3,6H2,1H3. The van der Waals surface area contributed by atoms with Crippen molar-refractivity contribution in [2.45, 2.75) is 19.8 Å². The first-order chi connectivity index (χ1) is 6.83. The average Bonchev–Trinajstić information content (AvgIpc) is 2.23. The van der Waals surface area contributed by atoms with Crippen molar-refractivity contribution >= 4 is 10.8 Å². The van der Waals surface area contributed by atoms with Crippen LogP contribution in [-0.4, -0.2) is 0 Å². The highest BCUT2D eigenvalue weighted by molar-refractivity contribution is 5.89. The Balaban J connectivity index is 2.68. The van der Waals surface area contributed by atoms with Crippen LogP contribution in [-0.2, 0) is 6.42 Å². The number of hydrogen-bond acceptors (Lipinski definition) is 0. The molecule has 0 spiro atoms. The molecule has 2 aromatic rings. The molecule has 0 saturated carbocycles. The van der Waals surface area contributed by atoms with Gasteiger partial charge in [0.2, 0.25) is 0 Å². The topological polar surface area (TPSA) is 0 Å². The van der Waals surface area contributed by atoms with Gasteiger partial charge in [0.15, 0.2) is 0 Å². The van der Waals surface area contributed by atoms with Crippen LogP contribution in [0, 0.1) is 6.92 Å². The zero-order chi connectivity index (χ0) is 9.97. The molecule has 0 fully saturated rings. The Morgan fingerprint density at radius 3 is 2.43 bits per heavy atom. The number of aryl methyl sites for hydroxylation is 1. The molecule has 0 heteroatoms. The average molecular weight is 183 g/mol. The quantitative estimate of drug-likeness (QED) is 0.660. The summed E-state index contributed by atoms with van der Waals surface area (Å²) in [5, 5.41) is 2.65. The van der Waals surface area contributed by atoms with Gasteiger partial charge in [-0.1, -0.05) is 49.7 Å². The maximum absolute atomic E-state index is 4.05. The van der Waals surface area contributed by atoms with Gasteiger partial charge in [-0.25, -0.2) is 0 Å². The molecule has 0 amide bonds. The first-order valence-corrected chi connectivity index (χ1v) is 5.15. The van der Waals surface area contributed by atoms with Gasteiger partial charge in [0, 0.05) is 0 Å². The van der Waals surface area contributed by atoms with Crippen molar-refractivity contribution in [2.24, 2.45) is 0 Å². The van der Waals surface area contributed by atoms with Crippen LogP contribution in [0.15, 0.2) is 36.4 Å². The maximum Gasteiger partial charge on any atom is -0.0149 e. The summed E-state index contributed by atoms with van der Waals surface area (Å²) >= 11 is 0. The number of benzene rings is 2. The second-order valence-electron chi connectivity index (χ2n) is 3.68. The fraction of sp³-hybridized carbons (Fsp3) is 0.214. The molecule has 0 nitrogen and oxygen atoms in total. The molecule has 2 rings (SSSR count). The molecular formula is C14H15. The monoisotopic (exact) mass is 183 g/mol. The fourth-order valence-electron chi connectivity index (χ4n) is 1.91. The molecule has 0 saturated heterocycles. The Bertz CT molecular complexity index is 441. The summed E-state index contributed by atoms with van der Waals surface area (Å²) in [6, 6.07) is 12.8. The minimum absolute atomic E-state index is 1.13. The summed E-state index contributed by atoms with van der Waals surface area (Å²) in [5.41, 5.74) is 2.57. The smallest absolute Gasteiger partial charge is 0.0149 e. The molecule has 0 N–H and O–H groups in total. The minimum atomic E-state index is 1.13. The van der Waals surface area contributed by atoms with Gasteiger partial charge in [-0.3, -0.25) is 0 Å². The lowest BCUT2D eigenvalue weighted by molar-refractivity contribution is 0.929. The van der Waals surface area contributed by atoms with E-state index in [-0.39, 0.29) is 0 Å². The van der Waals surface area contributed by atoms with Gasteiger partial charge in [0.25, 0.3) is 0 Å². The largest absolute Gasteiger partial charge is 0.0651 e. The van der Waals surface area contributed by atoms with Crippen molar-refractivity contribution in [1.82, 2.24) is 0 Å². The van der Waals surface area contributed by atoms with Crippen molar-refractivity contribution < 1.29 is 0 Å². The van der Waals surface area contributed by atoms with Crippen LogP contribution >= 0.6 is 0 Å². The summed E-state index contributed by atoms with van der Waals surface area (Å²) in [5.74, 6) is 0. The van der Waals surface area contributed by atoms with Crippen LogP contribution in [0.4, 0.5) is 0 Å². The van der Waals surface area contributed by atoms with Crippen LogP contribution in [0.25, 0.3) is 10.8 Å². The highest BCUT2D eigenvalue weighted by Gasteiger charge is 2.01. The second-order valence-corrected chi connectivity index (χ2v) is 3.68. The lowest BCUT2D eigenvalue weighted by atomic mass is 9.98. The summed E-state index contributed by atoms with van der Waals surface area (Å²) in [7, 11) is 0. The van der Waals surface area contributed by atoms with Crippen LogP contribution in [0.5, 0.6) is 0 Å². The van der Waals surface area contributed by atoms with Gasteiger partial charge < -0.3 is 0 Å². The predicted molar refractivity (Wildman–Crippen MR) is 62.4 cm³/mol. The third-order valence-electron chi connectivity index (χ3n) is 2.62. The molecule has 0 aliphatic carbocycles. The number of rotatable bonds is 2. The van der Waals surface area contributed by atoms with E-state index in [1.54, 1.807) is 0 Å². The van der Waals surface area contributed by atoms with Gasteiger partial charge in [0.05, 0.1) is 0 Å². The first kappa shape index (κ1) is 9.26. The zero-order valence-electron chi connectivity index (χ0n) is 8.59. The highest BCUT2D eigenvalue weighted by atomic mass is 14.1. The van der Waals surface area contributed by atoms with E-state index in [0.29, 0.717) is 0 Å². The molecule has 0 atom stereocenters. The van der Waals surface area contributed by atoms with Gasteiger partial charge >= 0.3 is 0 Å². The van der Waals surface area contributed by atoms with E-state index < -0.39 is 0 Å². The molecule has 14 heavy (non-hydrogen) atoms. The summed E-state index contributed by atoms with van der Waals surface area (Å²) in [6.45, 7) is 6.27. The fourth-order valence-corrected chi connectivity index (χ4v) is 1.91. The molecule has 0 aliphatic rings. The second kappa shape index (κ2) is 3.83. The minimum Gasteiger partial charge on any atom is -0.0651 e. The summed E-state index contributed by atoms with van der Waals surface area (Å²) in [4.78, 5) is 0. The summed E-state index contributed by atoms with van der Waals surface area (Å²) < 4.78 is 0. The van der Waals surface area contributed by atoms with E-state index in [1.165, 1.54) is 22.8 Å². The zero-order valence-corrected chi connectivity index (χ0v) is 8.59. The molecule has 0 aromatic heterocycles. The Labute approximate surface area is 85.6 Å². The van der Waals surface area contributed by atoms with E-state index in [2.05, 4.69) is 50.2 Å². The maximum atomic E-state index is 4.05. The van der Waals surface area contributed by atoms with Crippen LogP contribution in [0.3, 0.4) is 0 Å². The predicted octanol–water partition coefficient (Wildman–Crippen LogP) is 3.97. The van der Waals surface area contributed by atoms with E-state index in [0.717, 1.165) is 12.0 Å². The van der Waals surface area contributed by atoms with Crippen LogP contribution in [0.2, 0.25) is 0 Å². The van der Waals surface area contributed by atoms with Crippen LogP contribution < -0.4 is 0 Å². The van der Waals surface area contributed by atoms with Crippen molar-refractivity contribution in [2.75, 3.05) is 0 Å². The SMILES string of the molecule is [CH2]c1ccc(CCC)c2ccccc12. The van der Waals surface area contributed by atoms with E-state index >= 15 is 0 Å². The van der Waals surface area contributed by atoms with Gasteiger partial charge in [-0.15, -0.1) is 0 Å². The molecule has 2 aromatic carbocycles. The summed E-state index contributed by atoms with van der Waals surface area (Å²) in [6.07, 6.45) is 2.35. The highest BCUT2D eigenvalue weighted by Crippen LogP contribution is 2.23. The number of hydrogen-bond donors (Lipinski definition) is 0. The molecular weight excluding hydrogens is 168 g/mol. The van der Waals surface area contributed by atoms with Gasteiger partial charge in [0.1, 0.15) is 0 Å². The van der Waals surface area contributed by atoms with E-state index in [4.69, 9.17) is 0 Å². The Morgan fingerprint density at radius 1 is 1.00 bits per heavy atom. The Hall–Kier alpha value is -1.30.